The Morgan fingerprint density at radius 3 is 2.25 bits per heavy atom. The predicted molar refractivity (Wildman–Crippen MR) is 158 cm³/mol. The van der Waals surface area contributed by atoms with Gasteiger partial charge < -0.3 is 25.4 Å². The molecule has 0 bridgehead atoms. The summed E-state index contributed by atoms with van der Waals surface area (Å²) >= 11 is 6.44. The van der Waals surface area contributed by atoms with Gasteiger partial charge in [-0.05, 0) is 83.4 Å². The molecule has 2 atom stereocenters. The van der Waals surface area contributed by atoms with Gasteiger partial charge in [0.2, 0.25) is 5.91 Å². The molecular weight excluding hydrogens is 530 g/mol. The average Bonchev–Trinajstić information content (AvgIpc) is 2.80. The largest absolute Gasteiger partial charge is 0.507 e. The van der Waals surface area contributed by atoms with Crippen molar-refractivity contribution in [2.75, 3.05) is 5.32 Å². The number of halogens is 1. The molecule has 1 fully saturated rings. The Hall–Kier alpha value is -3.26. The van der Waals surface area contributed by atoms with E-state index in [1.807, 2.05) is 26.8 Å². The molecule has 0 radical (unpaired) electrons. The number of hydrogen-bond donors (Lipinski definition) is 3. The number of anilines is 1. The van der Waals surface area contributed by atoms with Gasteiger partial charge in [-0.15, -0.1) is 0 Å². The van der Waals surface area contributed by atoms with E-state index in [4.69, 9.17) is 16.3 Å². The highest BCUT2D eigenvalue weighted by Gasteiger charge is 2.43. The first kappa shape index (κ1) is 31.3. The molecular formula is C31H42ClN3O5. The number of para-hydroxylation sites is 2. The first-order chi connectivity index (χ1) is 18.7. The van der Waals surface area contributed by atoms with Gasteiger partial charge in [0.05, 0.1) is 10.7 Å². The van der Waals surface area contributed by atoms with Crippen molar-refractivity contribution >= 4 is 35.2 Å². The number of phenolic OH excluding ortho intramolecular Hbond substituents is 1. The van der Waals surface area contributed by atoms with Crippen LogP contribution in [0.15, 0.2) is 36.4 Å². The van der Waals surface area contributed by atoms with Crippen LogP contribution in [0.3, 0.4) is 0 Å². The van der Waals surface area contributed by atoms with Crippen molar-refractivity contribution in [3.63, 3.8) is 0 Å². The lowest BCUT2D eigenvalue weighted by molar-refractivity contribution is -0.146. The fourth-order valence-corrected chi connectivity index (χ4v) is 5.08. The van der Waals surface area contributed by atoms with E-state index in [0.717, 1.165) is 12.0 Å². The molecule has 3 amide bonds. The lowest BCUT2D eigenvalue weighted by Crippen LogP contribution is -2.57. The van der Waals surface area contributed by atoms with Gasteiger partial charge in [0.1, 0.15) is 23.4 Å². The van der Waals surface area contributed by atoms with E-state index in [2.05, 4.69) is 10.6 Å². The highest BCUT2D eigenvalue weighted by Crippen LogP contribution is 2.39. The number of ether oxygens (including phenoxy) is 1. The summed E-state index contributed by atoms with van der Waals surface area (Å²) in [4.78, 5) is 42.9. The number of nitrogens with zero attached hydrogens (tertiary/aromatic N) is 1. The second-order valence-electron chi connectivity index (χ2n) is 12.0. The summed E-state index contributed by atoms with van der Waals surface area (Å²) in [6, 6.07) is 8.12. The SMILES string of the molecule is Cc1cccc(C(C(=O)Nc2c(C)cccc2Cl)N(C(=O)C(CC(C)C)NC(=O)OC(C)(C)C)C2CCC2)c1O. The molecule has 0 saturated heterocycles. The molecule has 40 heavy (non-hydrogen) atoms. The van der Waals surface area contributed by atoms with Gasteiger partial charge in [-0.3, -0.25) is 9.59 Å². The molecule has 3 N–H and O–H groups in total. The lowest BCUT2D eigenvalue weighted by Gasteiger charge is -2.44. The van der Waals surface area contributed by atoms with Crippen LogP contribution in [0.2, 0.25) is 5.02 Å². The Morgan fingerprint density at radius 2 is 1.70 bits per heavy atom. The highest BCUT2D eigenvalue weighted by atomic mass is 35.5. The lowest BCUT2D eigenvalue weighted by atomic mass is 9.87. The summed E-state index contributed by atoms with van der Waals surface area (Å²) in [5.74, 6) is -0.896. The van der Waals surface area contributed by atoms with Crippen molar-refractivity contribution < 1.29 is 24.2 Å². The Labute approximate surface area is 242 Å². The molecule has 2 aromatic rings. The van der Waals surface area contributed by atoms with Gasteiger partial charge in [-0.1, -0.05) is 55.8 Å². The predicted octanol–water partition coefficient (Wildman–Crippen LogP) is 6.66. The molecule has 1 saturated carbocycles. The summed E-state index contributed by atoms with van der Waals surface area (Å²) < 4.78 is 5.46. The van der Waals surface area contributed by atoms with Crippen LogP contribution in [0.4, 0.5) is 10.5 Å². The number of benzene rings is 2. The number of carbonyl (C=O) groups excluding carboxylic acids is 3. The topological polar surface area (TPSA) is 108 Å². The molecule has 0 heterocycles. The monoisotopic (exact) mass is 571 g/mol. The van der Waals surface area contributed by atoms with Crippen molar-refractivity contribution in [3.8, 4) is 5.75 Å². The first-order valence-corrected chi connectivity index (χ1v) is 14.2. The van der Waals surface area contributed by atoms with Crippen LogP contribution in [0.25, 0.3) is 0 Å². The molecule has 1 aliphatic rings. The second kappa shape index (κ2) is 12.9. The summed E-state index contributed by atoms with van der Waals surface area (Å²) in [6.45, 7) is 12.8. The maximum absolute atomic E-state index is 14.4. The van der Waals surface area contributed by atoms with Crippen molar-refractivity contribution in [1.29, 1.82) is 0 Å². The van der Waals surface area contributed by atoms with Crippen LogP contribution >= 0.6 is 11.6 Å². The van der Waals surface area contributed by atoms with Crippen molar-refractivity contribution in [3.05, 3.63) is 58.1 Å². The van der Waals surface area contributed by atoms with Crippen molar-refractivity contribution in [2.24, 2.45) is 5.92 Å². The molecule has 2 unspecified atom stereocenters. The zero-order valence-electron chi connectivity index (χ0n) is 24.5. The highest BCUT2D eigenvalue weighted by molar-refractivity contribution is 6.34. The third kappa shape index (κ3) is 7.68. The number of aromatic hydroxyl groups is 1. The second-order valence-corrected chi connectivity index (χ2v) is 12.4. The minimum atomic E-state index is -1.16. The standard InChI is InChI=1S/C31H42ClN3O5/c1-18(2)17-24(33-30(39)40-31(5,6)7)29(38)35(21-13-10-14-21)26(22-15-8-12-20(4)27(22)36)28(37)34-25-19(3)11-9-16-23(25)32/h8-9,11-12,15-16,18,21,24,26,36H,10,13-14,17H2,1-7H3,(H,33,39)(H,34,37). The number of nitrogens with one attached hydrogen (secondary N) is 2. The Kier molecular flexibility index (Phi) is 10.1. The van der Waals surface area contributed by atoms with Crippen LogP contribution in [-0.2, 0) is 14.3 Å². The first-order valence-electron chi connectivity index (χ1n) is 13.9. The van der Waals surface area contributed by atoms with Gasteiger partial charge in [0.25, 0.3) is 5.91 Å². The number of phenols is 1. The van der Waals surface area contributed by atoms with E-state index < -0.39 is 35.6 Å². The van der Waals surface area contributed by atoms with E-state index in [1.165, 1.54) is 0 Å². The van der Waals surface area contributed by atoms with Gasteiger partial charge in [-0.25, -0.2) is 4.79 Å². The molecule has 0 aromatic heterocycles. The maximum Gasteiger partial charge on any atom is 0.408 e. The fraction of sp³-hybridized carbons (Fsp3) is 0.516. The Bertz CT molecular complexity index is 1220. The zero-order chi connectivity index (χ0) is 29.8. The van der Waals surface area contributed by atoms with Gasteiger partial charge in [0.15, 0.2) is 0 Å². The normalized spacial score (nSPS) is 15.1. The van der Waals surface area contributed by atoms with Crippen molar-refractivity contribution in [2.45, 2.75) is 97.9 Å². The Balaban J connectivity index is 2.10. The van der Waals surface area contributed by atoms with Gasteiger partial charge in [0, 0.05) is 11.6 Å². The third-order valence-electron chi connectivity index (χ3n) is 6.98. The average molecular weight is 572 g/mol. The minimum Gasteiger partial charge on any atom is -0.507 e. The molecule has 9 heteroatoms. The number of hydrogen-bond acceptors (Lipinski definition) is 5. The van der Waals surface area contributed by atoms with Gasteiger partial charge in [-0.2, -0.15) is 0 Å². The fourth-order valence-electron chi connectivity index (χ4n) is 4.81. The van der Waals surface area contributed by atoms with Crippen LogP contribution in [0.5, 0.6) is 5.75 Å². The summed E-state index contributed by atoms with van der Waals surface area (Å²) in [7, 11) is 0. The van der Waals surface area contributed by atoms with E-state index in [1.54, 1.807) is 62.9 Å². The molecule has 3 rings (SSSR count). The van der Waals surface area contributed by atoms with E-state index in [9.17, 15) is 19.5 Å². The van der Waals surface area contributed by atoms with E-state index in [0.29, 0.717) is 41.1 Å². The number of rotatable bonds is 9. The summed E-state index contributed by atoms with van der Waals surface area (Å²) in [5, 5.41) is 17.2. The van der Waals surface area contributed by atoms with Crippen molar-refractivity contribution in [1.82, 2.24) is 10.2 Å². The Morgan fingerprint density at radius 1 is 1.07 bits per heavy atom. The van der Waals surface area contributed by atoms with E-state index >= 15 is 0 Å². The number of carbonyl (C=O) groups is 3. The number of alkyl carbamates (subject to hydrolysis) is 1. The molecule has 8 nitrogen and oxygen atoms in total. The molecule has 0 aliphatic heterocycles. The zero-order valence-corrected chi connectivity index (χ0v) is 25.3. The minimum absolute atomic E-state index is 0.0591. The van der Waals surface area contributed by atoms with E-state index in [-0.39, 0.29) is 17.7 Å². The smallest absolute Gasteiger partial charge is 0.408 e. The quantitative estimate of drug-likeness (QED) is 0.312. The van der Waals surface area contributed by atoms with Crippen LogP contribution < -0.4 is 10.6 Å². The molecule has 218 valence electrons. The third-order valence-corrected chi connectivity index (χ3v) is 7.29. The number of amides is 3. The molecule has 1 aliphatic carbocycles. The molecule has 2 aromatic carbocycles. The van der Waals surface area contributed by atoms with Gasteiger partial charge >= 0.3 is 6.09 Å². The molecule has 0 spiro atoms. The van der Waals surface area contributed by atoms with Crippen LogP contribution in [0.1, 0.15) is 83.0 Å². The number of aryl methyl sites for hydroxylation is 2. The summed E-state index contributed by atoms with van der Waals surface area (Å²) in [5.41, 5.74) is 1.35. The van der Waals surface area contributed by atoms with Crippen LogP contribution in [0, 0.1) is 19.8 Å². The maximum atomic E-state index is 14.4. The summed E-state index contributed by atoms with van der Waals surface area (Å²) in [6.07, 6.45) is 1.95. The van der Waals surface area contributed by atoms with Crippen LogP contribution in [-0.4, -0.2) is 45.6 Å².